The first kappa shape index (κ1) is 17.3. The van der Waals surface area contributed by atoms with Crippen LogP contribution in [0.15, 0.2) is 30.3 Å². The average Bonchev–Trinajstić information content (AvgIpc) is 2.62. The number of urea groups is 1. The maximum absolute atomic E-state index is 12.4. The molecule has 1 aromatic carbocycles. The normalized spacial score (nSPS) is 18.0. The summed E-state index contributed by atoms with van der Waals surface area (Å²) in [6.45, 7) is 3.73. The smallest absolute Gasteiger partial charge is 0.317 e. The minimum atomic E-state index is -0.477. The summed E-state index contributed by atoms with van der Waals surface area (Å²) >= 11 is 0. The highest BCUT2D eigenvalue weighted by atomic mass is 16.5. The quantitative estimate of drug-likeness (QED) is 0.908. The summed E-state index contributed by atoms with van der Waals surface area (Å²) in [6, 6.07) is 12.3. The number of likely N-dealkylation sites (tertiary alicyclic amines) is 1. The van der Waals surface area contributed by atoms with Crippen molar-refractivity contribution in [2.45, 2.75) is 37.6 Å². The molecular formula is C18H25N3O2. The second-order valence-corrected chi connectivity index (χ2v) is 6.06. The second-order valence-electron chi connectivity index (χ2n) is 6.06. The predicted molar refractivity (Wildman–Crippen MR) is 89.0 cm³/mol. The Morgan fingerprint density at radius 3 is 2.57 bits per heavy atom. The number of benzene rings is 1. The Balaban J connectivity index is 1.97. The van der Waals surface area contributed by atoms with Crippen LogP contribution < -0.4 is 5.32 Å². The summed E-state index contributed by atoms with van der Waals surface area (Å²) in [4.78, 5) is 14.2. The minimum Gasteiger partial charge on any atom is -0.383 e. The third-order valence-electron chi connectivity index (χ3n) is 4.63. The van der Waals surface area contributed by atoms with Crippen molar-refractivity contribution in [2.75, 3.05) is 26.8 Å². The number of piperidine rings is 1. The van der Waals surface area contributed by atoms with E-state index in [-0.39, 0.29) is 12.1 Å². The first-order chi connectivity index (χ1) is 11.1. The molecule has 0 aromatic heterocycles. The number of methoxy groups -OCH3 is 1. The van der Waals surface area contributed by atoms with Gasteiger partial charge in [-0.1, -0.05) is 37.3 Å². The van der Waals surface area contributed by atoms with E-state index in [0.717, 1.165) is 12.0 Å². The summed E-state index contributed by atoms with van der Waals surface area (Å²) in [5.74, 6) is 0. The van der Waals surface area contributed by atoms with Gasteiger partial charge < -0.3 is 15.0 Å². The molecule has 0 aliphatic carbocycles. The molecule has 1 aromatic rings. The number of nitriles is 1. The lowest BCUT2D eigenvalue weighted by Gasteiger charge is -2.38. The lowest BCUT2D eigenvalue weighted by molar-refractivity contribution is 0.143. The summed E-state index contributed by atoms with van der Waals surface area (Å²) in [5, 5.41) is 12.7. The van der Waals surface area contributed by atoms with E-state index in [9.17, 15) is 10.1 Å². The van der Waals surface area contributed by atoms with E-state index in [0.29, 0.717) is 32.5 Å². The van der Waals surface area contributed by atoms with Gasteiger partial charge in [-0.25, -0.2) is 4.79 Å². The molecular weight excluding hydrogens is 290 g/mol. The van der Waals surface area contributed by atoms with Gasteiger partial charge in [-0.3, -0.25) is 0 Å². The third kappa shape index (κ3) is 4.02. The fourth-order valence-corrected chi connectivity index (χ4v) is 3.04. The molecule has 1 fully saturated rings. The van der Waals surface area contributed by atoms with E-state index in [1.807, 2.05) is 37.3 Å². The Hall–Kier alpha value is -2.06. The predicted octanol–water partition coefficient (Wildman–Crippen LogP) is 2.68. The summed E-state index contributed by atoms with van der Waals surface area (Å²) < 4.78 is 5.12. The molecule has 124 valence electrons. The van der Waals surface area contributed by atoms with Crippen molar-refractivity contribution in [2.24, 2.45) is 0 Å². The first-order valence-electron chi connectivity index (χ1n) is 8.16. The highest BCUT2D eigenvalue weighted by Gasteiger charge is 2.37. The molecule has 0 bridgehead atoms. The molecule has 1 aliphatic rings. The van der Waals surface area contributed by atoms with E-state index >= 15 is 0 Å². The number of hydrogen-bond acceptors (Lipinski definition) is 3. The standard InChI is InChI=1S/C18H25N3O2/c1-3-16(13-23-2)20-17(22)21-11-9-18(14-19,10-12-21)15-7-5-4-6-8-15/h4-8,16H,3,9-13H2,1-2H3,(H,20,22). The zero-order valence-corrected chi connectivity index (χ0v) is 13.9. The van der Waals surface area contributed by atoms with Crippen molar-refractivity contribution < 1.29 is 9.53 Å². The SMILES string of the molecule is CCC(COC)NC(=O)N1CCC(C#N)(c2ccccc2)CC1. The molecule has 5 heteroatoms. The molecule has 23 heavy (non-hydrogen) atoms. The highest BCUT2D eigenvalue weighted by molar-refractivity contribution is 5.74. The van der Waals surface area contributed by atoms with Gasteiger partial charge in [-0.05, 0) is 24.8 Å². The van der Waals surface area contributed by atoms with Crippen molar-refractivity contribution >= 4 is 6.03 Å². The highest BCUT2D eigenvalue weighted by Crippen LogP contribution is 2.34. The number of hydrogen-bond donors (Lipinski definition) is 1. The van der Waals surface area contributed by atoms with Crippen molar-refractivity contribution in [3.8, 4) is 6.07 Å². The van der Waals surface area contributed by atoms with E-state index in [1.54, 1.807) is 12.0 Å². The van der Waals surface area contributed by atoms with Crippen molar-refractivity contribution in [1.29, 1.82) is 5.26 Å². The minimum absolute atomic E-state index is 0.0317. The van der Waals surface area contributed by atoms with Crippen molar-refractivity contribution in [3.63, 3.8) is 0 Å². The Morgan fingerprint density at radius 1 is 1.39 bits per heavy atom. The van der Waals surface area contributed by atoms with Gasteiger partial charge in [0.25, 0.3) is 0 Å². The van der Waals surface area contributed by atoms with Gasteiger partial charge in [-0.2, -0.15) is 5.26 Å². The van der Waals surface area contributed by atoms with Crippen LogP contribution in [0.1, 0.15) is 31.7 Å². The summed E-state index contributed by atoms with van der Waals surface area (Å²) in [6.07, 6.45) is 2.17. The maximum atomic E-state index is 12.4. The molecule has 0 spiro atoms. The van der Waals surface area contributed by atoms with Crippen molar-refractivity contribution in [1.82, 2.24) is 10.2 Å². The number of nitrogens with one attached hydrogen (secondary N) is 1. The van der Waals surface area contributed by atoms with E-state index < -0.39 is 5.41 Å². The number of ether oxygens (including phenoxy) is 1. The third-order valence-corrected chi connectivity index (χ3v) is 4.63. The first-order valence-corrected chi connectivity index (χ1v) is 8.16. The topological polar surface area (TPSA) is 65.4 Å². The molecule has 1 heterocycles. The lowest BCUT2D eigenvalue weighted by Crippen LogP contribution is -2.51. The Kier molecular flexibility index (Phi) is 6.00. The molecule has 1 N–H and O–H groups in total. The second kappa shape index (κ2) is 7.98. The number of carbonyl (C=O) groups is 1. The van der Waals surface area contributed by atoms with Crippen LogP contribution in [0.25, 0.3) is 0 Å². The number of carbonyl (C=O) groups excluding carboxylic acids is 1. The van der Waals surface area contributed by atoms with Gasteiger partial charge in [0, 0.05) is 20.2 Å². The molecule has 1 saturated heterocycles. The van der Waals surface area contributed by atoms with E-state index in [2.05, 4.69) is 11.4 Å². The zero-order valence-electron chi connectivity index (χ0n) is 13.9. The van der Waals surface area contributed by atoms with Crippen LogP contribution in [0.2, 0.25) is 0 Å². The molecule has 1 unspecified atom stereocenters. The van der Waals surface area contributed by atoms with Crippen LogP contribution in [0.5, 0.6) is 0 Å². The number of rotatable bonds is 5. The molecule has 1 aliphatic heterocycles. The van der Waals surface area contributed by atoms with Crippen molar-refractivity contribution in [3.05, 3.63) is 35.9 Å². The van der Waals surface area contributed by atoms with Crippen LogP contribution in [-0.2, 0) is 10.2 Å². The summed E-state index contributed by atoms with van der Waals surface area (Å²) in [5.41, 5.74) is 0.572. The van der Waals surface area contributed by atoms with Gasteiger partial charge in [-0.15, -0.1) is 0 Å². The van der Waals surface area contributed by atoms with Crippen LogP contribution in [0.4, 0.5) is 4.79 Å². The Morgan fingerprint density at radius 2 is 2.04 bits per heavy atom. The number of amides is 2. The Labute approximate surface area is 138 Å². The van der Waals surface area contributed by atoms with Crippen LogP contribution in [0, 0.1) is 11.3 Å². The van der Waals surface area contributed by atoms with Crippen LogP contribution in [0.3, 0.4) is 0 Å². The molecule has 5 nitrogen and oxygen atoms in total. The van der Waals surface area contributed by atoms with E-state index in [1.165, 1.54) is 0 Å². The largest absolute Gasteiger partial charge is 0.383 e. The Bertz CT molecular complexity index is 545. The maximum Gasteiger partial charge on any atom is 0.317 e. The molecule has 1 atom stereocenters. The number of nitrogens with zero attached hydrogens (tertiary/aromatic N) is 2. The fourth-order valence-electron chi connectivity index (χ4n) is 3.04. The molecule has 0 saturated carbocycles. The monoisotopic (exact) mass is 315 g/mol. The molecule has 2 amide bonds. The fraction of sp³-hybridized carbons (Fsp3) is 0.556. The van der Waals surface area contributed by atoms with Gasteiger partial charge in [0.2, 0.25) is 0 Å². The summed E-state index contributed by atoms with van der Waals surface area (Å²) in [7, 11) is 1.64. The van der Waals surface area contributed by atoms with Crippen LogP contribution >= 0.6 is 0 Å². The van der Waals surface area contributed by atoms with Gasteiger partial charge in [0.15, 0.2) is 0 Å². The average molecular weight is 315 g/mol. The van der Waals surface area contributed by atoms with Crippen LogP contribution in [-0.4, -0.2) is 43.8 Å². The lowest BCUT2D eigenvalue weighted by atomic mass is 9.74. The molecule has 2 rings (SSSR count). The zero-order chi connectivity index (χ0) is 16.7. The van der Waals surface area contributed by atoms with Gasteiger partial charge in [0.1, 0.15) is 0 Å². The van der Waals surface area contributed by atoms with E-state index in [4.69, 9.17) is 4.74 Å². The van der Waals surface area contributed by atoms with Gasteiger partial charge in [0.05, 0.1) is 24.1 Å². The van der Waals surface area contributed by atoms with Gasteiger partial charge >= 0.3 is 6.03 Å². The molecule has 0 radical (unpaired) electrons.